The van der Waals surface area contributed by atoms with Crippen LogP contribution in [0.2, 0.25) is 16.6 Å². The van der Waals surface area contributed by atoms with Crippen LogP contribution in [0, 0.1) is 0 Å². The maximum atomic E-state index is 11.8. The van der Waals surface area contributed by atoms with Gasteiger partial charge in [-0.3, -0.25) is 9.59 Å². The predicted octanol–water partition coefficient (Wildman–Crippen LogP) is 7.49. The van der Waals surface area contributed by atoms with Crippen LogP contribution >= 0.6 is 0 Å². The first-order valence-electron chi connectivity index (χ1n) is 14.0. The molecule has 0 aliphatic rings. The average molecular weight is 529 g/mol. The molecule has 0 aliphatic carbocycles. The van der Waals surface area contributed by atoms with E-state index in [2.05, 4.69) is 41.5 Å². The third-order valence-electron chi connectivity index (χ3n) is 6.69. The molecule has 0 saturated carbocycles. The van der Waals surface area contributed by atoms with Gasteiger partial charge in [0.25, 0.3) is 0 Å². The third kappa shape index (κ3) is 13.4. The normalized spacial score (nSPS) is 15.5. The number of esters is 2. The highest BCUT2D eigenvalue weighted by molar-refractivity contribution is 6.77. The van der Waals surface area contributed by atoms with E-state index in [0.29, 0.717) is 29.5 Å². The van der Waals surface area contributed by atoms with Crippen molar-refractivity contribution in [2.75, 3.05) is 0 Å². The van der Waals surface area contributed by atoms with Gasteiger partial charge < -0.3 is 19.0 Å². The second kappa shape index (κ2) is 16.6. The van der Waals surface area contributed by atoms with Gasteiger partial charge in [0.15, 0.2) is 0 Å². The van der Waals surface area contributed by atoms with Gasteiger partial charge >= 0.3 is 11.9 Å². The zero-order chi connectivity index (χ0) is 28.1. The fourth-order valence-electron chi connectivity index (χ4n) is 5.14. The fraction of sp³-hybridized carbons (Fsp3) is 0.862. The molecule has 0 heterocycles. The van der Waals surface area contributed by atoms with Crippen molar-refractivity contribution in [3.63, 3.8) is 0 Å². The van der Waals surface area contributed by atoms with Crippen LogP contribution in [-0.4, -0.2) is 49.3 Å². The Morgan fingerprint density at radius 3 is 1.81 bits per heavy atom. The summed E-state index contributed by atoms with van der Waals surface area (Å²) in [5.41, 5.74) is 0.775. The fourth-order valence-corrected chi connectivity index (χ4v) is 10.7. The van der Waals surface area contributed by atoms with Crippen molar-refractivity contribution < 1.29 is 28.6 Å². The van der Waals surface area contributed by atoms with Gasteiger partial charge in [0.05, 0.1) is 6.10 Å². The van der Waals surface area contributed by atoms with Crippen LogP contribution in [0.15, 0.2) is 12.2 Å². The lowest BCUT2D eigenvalue weighted by molar-refractivity contribution is -0.155. The Bertz CT molecular complexity index is 643. The summed E-state index contributed by atoms with van der Waals surface area (Å²) in [5, 5.41) is 10.6. The van der Waals surface area contributed by atoms with Gasteiger partial charge in [0, 0.05) is 13.3 Å². The van der Waals surface area contributed by atoms with Crippen LogP contribution in [0.3, 0.4) is 0 Å². The SMILES string of the molecule is CC(=O)O[C@@H](C)[C@@H](C=C[C@H](O)CCCCCCCC(=O)OC(C)(C)C)O[Si](C(C)C)(C(C)C)C(C)C. The minimum absolute atomic E-state index is 0.137. The molecule has 0 aliphatic heterocycles. The largest absolute Gasteiger partial charge is 0.460 e. The molecular formula is C29H56O6Si. The molecule has 0 unspecified atom stereocenters. The first-order chi connectivity index (χ1) is 16.5. The first kappa shape index (κ1) is 34.8. The molecular weight excluding hydrogens is 472 g/mol. The molecule has 7 heteroatoms. The van der Waals surface area contributed by atoms with E-state index in [4.69, 9.17) is 13.9 Å². The predicted molar refractivity (Wildman–Crippen MR) is 150 cm³/mol. The maximum Gasteiger partial charge on any atom is 0.306 e. The van der Waals surface area contributed by atoms with E-state index in [9.17, 15) is 14.7 Å². The van der Waals surface area contributed by atoms with Gasteiger partial charge in [-0.05, 0) is 57.2 Å². The number of carbonyl (C=O) groups excluding carboxylic acids is 2. The smallest absolute Gasteiger partial charge is 0.306 e. The van der Waals surface area contributed by atoms with Crippen LogP contribution in [-0.2, 0) is 23.5 Å². The molecule has 0 spiro atoms. The Morgan fingerprint density at radius 1 is 0.833 bits per heavy atom. The molecule has 0 fully saturated rings. The number of rotatable bonds is 17. The molecule has 0 amide bonds. The second-order valence-corrected chi connectivity index (χ2v) is 17.5. The van der Waals surface area contributed by atoms with E-state index < -0.39 is 32.2 Å². The molecule has 3 atom stereocenters. The van der Waals surface area contributed by atoms with Gasteiger partial charge in [0.1, 0.15) is 17.8 Å². The van der Waals surface area contributed by atoms with Crippen molar-refractivity contribution in [2.45, 2.75) is 162 Å². The summed E-state index contributed by atoms with van der Waals surface area (Å²) in [6.45, 7) is 22.3. The first-order valence-corrected chi connectivity index (χ1v) is 16.1. The van der Waals surface area contributed by atoms with Gasteiger partial charge in [-0.1, -0.05) is 79.4 Å². The highest BCUT2D eigenvalue weighted by Gasteiger charge is 2.47. The van der Waals surface area contributed by atoms with E-state index in [1.165, 1.54) is 6.92 Å². The monoisotopic (exact) mass is 528 g/mol. The Kier molecular flexibility index (Phi) is 16.1. The topological polar surface area (TPSA) is 82.1 Å². The zero-order valence-corrected chi connectivity index (χ0v) is 26.1. The van der Waals surface area contributed by atoms with Crippen molar-refractivity contribution in [2.24, 2.45) is 0 Å². The minimum atomic E-state index is -2.20. The van der Waals surface area contributed by atoms with Gasteiger partial charge in [-0.25, -0.2) is 0 Å². The van der Waals surface area contributed by atoms with Crippen LogP contribution < -0.4 is 0 Å². The minimum Gasteiger partial charge on any atom is -0.460 e. The summed E-state index contributed by atoms with van der Waals surface area (Å²) in [7, 11) is -2.20. The molecule has 0 aromatic rings. The molecule has 0 bridgehead atoms. The molecule has 212 valence electrons. The van der Waals surface area contributed by atoms with E-state index in [0.717, 1.165) is 32.1 Å². The number of aliphatic hydroxyl groups is 1. The van der Waals surface area contributed by atoms with Crippen molar-refractivity contribution >= 4 is 20.3 Å². The van der Waals surface area contributed by atoms with Gasteiger partial charge in [-0.2, -0.15) is 0 Å². The Morgan fingerprint density at radius 2 is 1.33 bits per heavy atom. The summed E-state index contributed by atoms with van der Waals surface area (Å²) in [4.78, 5) is 23.4. The highest BCUT2D eigenvalue weighted by Crippen LogP contribution is 2.43. The van der Waals surface area contributed by atoms with Crippen LogP contribution in [0.25, 0.3) is 0 Å². The summed E-state index contributed by atoms with van der Waals surface area (Å²) in [6, 6.07) is 0. The maximum absolute atomic E-state index is 11.8. The molecule has 0 aromatic carbocycles. The molecule has 0 aromatic heterocycles. The summed E-state index contributed by atoms with van der Waals surface area (Å²) in [5.74, 6) is -0.468. The van der Waals surface area contributed by atoms with Crippen molar-refractivity contribution in [3.05, 3.63) is 12.2 Å². The summed E-state index contributed by atoms with van der Waals surface area (Å²) in [6.07, 6.45) is 8.17. The lowest BCUT2D eigenvalue weighted by Crippen LogP contribution is -2.52. The third-order valence-corrected chi connectivity index (χ3v) is 12.8. The number of hydrogen-bond donors (Lipinski definition) is 1. The van der Waals surface area contributed by atoms with Crippen LogP contribution in [0.1, 0.15) is 121 Å². The lowest BCUT2D eigenvalue weighted by Gasteiger charge is -2.45. The highest BCUT2D eigenvalue weighted by atomic mass is 28.4. The lowest BCUT2D eigenvalue weighted by atomic mass is 10.1. The number of aliphatic hydroxyl groups excluding tert-OH is 1. The molecule has 6 nitrogen and oxygen atoms in total. The Hall–Kier alpha value is -1.18. The van der Waals surface area contributed by atoms with E-state index in [-0.39, 0.29) is 11.9 Å². The number of hydrogen-bond acceptors (Lipinski definition) is 6. The molecule has 0 saturated heterocycles. The quantitative estimate of drug-likeness (QED) is 0.0911. The molecule has 0 radical (unpaired) electrons. The van der Waals surface area contributed by atoms with Crippen molar-refractivity contribution in [3.8, 4) is 0 Å². The van der Waals surface area contributed by atoms with Crippen molar-refractivity contribution in [1.29, 1.82) is 0 Å². The Labute approximate surface area is 222 Å². The Balaban J connectivity index is 4.88. The van der Waals surface area contributed by atoms with E-state index in [1.807, 2.05) is 33.8 Å². The number of carbonyl (C=O) groups is 2. The summed E-state index contributed by atoms with van der Waals surface area (Å²) >= 11 is 0. The van der Waals surface area contributed by atoms with Crippen LogP contribution in [0.5, 0.6) is 0 Å². The second-order valence-electron chi connectivity index (χ2n) is 12.1. The number of unbranched alkanes of at least 4 members (excludes halogenated alkanes) is 4. The van der Waals surface area contributed by atoms with Crippen LogP contribution in [0.4, 0.5) is 0 Å². The molecule has 36 heavy (non-hydrogen) atoms. The van der Waals surface area contributed by atoms with Gasteiger partial charge in [0.2, 0.25) is 8.32 Å². The zero-order valence-electron chi connectivity index (χ0n) is 25.1. The summed E-state index contributed by atoms with van der Waals surface area (Å²) < 4.78 is 17.7. The van der Waals surface area contributed by atoms with Crippen molar-refractivity contribution in [1.82, 2.24) is 0 Å². The average Bonchev–Trinajstić information content (AvgIpc) is 2.70. The molecule has 1 N–H and O–H groups in total. The van der Waals surface area contributed by atoms with E-state index in [1.54, 1.807) is 6.08 Å². The van der Waals surface area contributed by atoms with E-state index >= 15 is 0 Å². The number of ether oxygens (including phenoxy) is 2. The van der Waals surface area contributed by atoms with Gasteiger partial charge in [-0.15, -0.1) is 0 Å². The standard InChI is InChI=1S/C29H56O6Si/c1-21(2)36(22(3)4,23(5)6)35-27(24(7)33-25(8)30)20-19-26(31)17-15-13-12-14-16-18-28(32)34-29(9,10)11/h19-24,26-27,31H,12-18H2,1-11H3/t24-,26+,27+/m0/s1. The molecule has 0 rings (SSSR count).